The van der Waals surface area contributed by atoms with Crippen molar-refractivity contribution in [3.63, 3.8) is 0 Å². The summed E-state index contributed by atoms with van der Waals surface area (Å²) in [6, 6.07) is 20.6. The van der Waals surface area contributed by atoms with Gasteiger partial charge in [-0.15, -0.1) is 0 Å². The van der Waals surface area contributed by atoms with E-state index in [4.69, 9.17) is 0 Å². The Bertz CT molecular complexity index is 555. The van der Waals surface area contributed by atoms with Crippen LogP contribution in [0.3, 0.4) is 0 Å². The van der Waals surface area contributed by atoms with E-state index in [9.17, 15) is 4.79 Å². The van der Waals surface area contributed by atoms with E-state index < -0.39 is 0 Å². The topological polar surface area (TPSA) is 17.1 Å². The van der Waals surface area contributed by atoms with Gasteiger partial charge in [-0.1, -0.05) is 66.7 Å². The second kappa shape index (κ2) is 7.44. The minimum atomic E-state index is 0.271. The lowest BCUT2D eigenvalue weighted by atomic mass is 9.91. The number of allylic oxidation sites excluding steroid dienone is 2. The first-order valence-corrected chi connectivity index (χ1v) is 7.02. The lowest BCUT2D eigenvalue weighted by Crippen LogP contribution is -1.98. The molecule has 20 heavy (non-hydrogen) atoms. The van der Waals surface area contributed by atoms with Gasteiger partial charge in [0.05, 0.1) is 0 Å². The lowest BCUT2D eigenvalue weighted by Gasteiger charge is -2.13. The van der Waals surface area contributed by atoms with E-state index in [1.807, 2.05) is 36.4 Å². The molecule has 0 saturated carbocycles. The minimum absolute atomic E-state index is 0.271. The van der Waals surface area contributed by atoms with Gasteiger partial charge < -0.3 is 4.79 Å². The molecule has 102 valence electrons. The summed E-state index contributed by atoms with van der Waals surface area (Å²) < 4.78 is 0. The second-order valence-electron chi connectivity index (χ2n) is 5.00. The van der Waals surface area contributed by atoms with Crippen LogP contribution in [0.1, 0.15) is 36.8 Å². The number of hydrogen-bond donors (Lipinski definition) is 0. The molecule has 0 aromatic heterocycles. The molecular formula is C19H20O. The Kier molecular flexibility index (Phi) is 5.31. The van der Waals surface area contributed by atoms with Gasteiger partial charge in [-0.05, 0) is 36.0 Å². The zero-order valence-corrected chi connectivity index (χ0v) is 11.8. The fourth-order valence-electron chi connectivity index (χ4n) is 2.35. The smallest absolute Gasteiger partial charge is 0.120 e. The molecule has 0 heterocycles. The molecule has 0 bridgehead atoms. The van der Waals surface area contributed by atoms with Gasteiger partial charge in [0, 0.05) is 6.42 Å². The Balaban J connectivity index is 2.11. The van der Waals surface area contributed by atoms with E-state index in [1.54, 1.807) is 0 Å². The molecule has 2 aromatic carbocycles. The van der Waals surface area contributed by atoms with Crippen molar-refractivity contribution in [1.29, 1.82) is 0 Å². The van der Waals surface area contributed by atoms with Gasteiger partial charge in [0.25, 0.3) is 0 Å². The molecule has 0 radical (unpaired) electrons. The summed E-state index contributed by atoms with van der Waals surface area (Å²) in [6.07, 6.45) is 4.71. The molecule has 2 rings (SSSR count). The third-order valence-electron chi connectivity index (χ3n) is 3.59. The van der Waals surface area contributed by atoms with Crippen molar-refractivity contribution in [2.24, 2.45) is 0 Å². The van der Waals surface area contributed by atoms with Crippen molar-refractivity contribution in [3.05, 3.63) is 77.9 Å². The number of carbonyl (C=O) groups excluding carboxylic acids is 1. The summed E-state index contributed by atoms with van der Waals surface area (Å²) in [6.45, 7) is 2.12. The van der Waals surface area contributed by atoms with Crippen LogP contribution in [0.2, 0.25) is 0 Å². The maximum absolute atomic E-state index is 10.9. The van der Waals surface area contributed by atoms with E-state index in [0.29, 0.717) is 6.42 Å². The molecule has 0 spiro atoms. The van der Waals surface area contributed by atoms with E-state index in [1.165, 1.54) is 16.7 Å². The third kappa shape index (κ3) is 3.92. The molecule has 1 atom stereocenters. The predicted octanol–water partition coefficient (Wildman–Crippen LogP) is 4.85. The van der Waals surface area contributed by atoms with E-state index in [0.717, 1.165) is 12.7 Å². The van der Waals surface area contributed by atoms with Crippen molar-refractivity contribution in [2.45, 2.75) is 25.7 Å². The van der Waals surface area contributed by atoms with Crippen molar-refractivity contribution in [1.82, 2.24) is 0 Å². The SMILES string of the molecule is C/C(=C\C[C@@H](CC=O)c1ccccc1)c1ccccc1. The van der Waals surface area contributed by atoms with Crippen LogP contribution < -0.4 is 0 Å². The van der Waals surface area contributed by atoms with Crippen molar-refractivity contribution < 1.29 is 4.79 Å². The molecule has 0 N–H and O–H groups in total. The van der Waals surface area contributed by atoms with Gasteiger partial charge >= 0.3 is 0 Å². The van der Waals surface area contributed by atoms with Crippen LogP contribution >= 0.6 is 0 Å². The standard InChI is InChI=1S/C19H20O/c1-16(17-8-4-2-5-9-17)12-13-19(14-15-20)18-10-6-3-7-11-18/h2-12,15,19H,13-14H2,1H3/b16-12+/t19-/m0/s1. The average molecular weight is 264 g/mol. The molecule has 0 aliphatic rings. The second-order valence-corrected chi connectivity index (χ2v) is 5.00. The molecule has 0 amide bonds. The molecule has 0 unspecified atom stereocenters. The number of aldehydes is 1. The average Bonchev–Trinajstić information content (AvgIpc) is 2.53. The van der Waals surface area contributed by atoms with Crippen LogP contribution in [-0.2, 0) is 4.79 Å². The van der Waals surface area contributed by atoms with Crippen LogP contribution in [-0.4, -0.2) is 6.29 Å². The van der Waals surface area contributed by atoms with Crippen LogP contribution in [0.5, 0.6) is 0 Å². The number of carbonyl (C=O) groups is 1. The highest BCUT2D eigenvalue weighted by atomic mass is 16.1. The molecule has 2 aromatic rings. The Labute approximate surface area is 121 Å². The summed E-state index contributed by atoms with van der Waals surface area (Å²) in [7, 11) is 0. The molecule has 0 saturated heterocycles. The Morgan fingerprint density at radius 1 is 0.950 bits per heavy atom. The van der Waals surface area contributed by atoms with Crippen molar-refractivity contribution in [2.75, 3.05) is 0 Å². The monoisotopic (exact) mass is 264 g/mol. The number of rotatable bonds is 6. The van der Waals surface area contributed by atoms with E-state index >= 15 is 0 Å². The van der Waals surface area contributed by atoms with Crippen LogP contribution in [0.4, 0.5) is 0 Å². The Morgan fingerprint density at radius 3 is 2.15 bits per heavy atom. The van der Waals surface area contributed by atoms with Crippen LogP contribution in [0.15, 0.2) is 66.7 Å². The quantitative estimate of drug-likeness (QED) is 0.681. The van der Waals surface area contributed by atoms with Crippen molar-refractivity contribution >= 4 is 11.9 Å². The first kappa shape index (κ1) is 14.3. The number of benzene rings is 2. The predicted molar refractivity (Wildman–Crippen MR) is 84.6 cm³/mol. The van der Waals surface area contributed by atoms with Gasteiger partial charge in [-0.2, -0.15) is 0 Å². The van der Waals surface area contributed by atoms with Gasteiger partial charge in [0.2, 0.25) is 0 Å². The fourth-order valence-corrected chi connectivity index (χ4v) is 2.35. The van der Waals surface area contributed by atoms with E-state index in [2.05, 4.69) is 37.3 Å². The number of hydrogen-bond acceptors (Lipinski definition) is 1. The summed E-state index contributed by atoms with van der Waals surface area (Å²) in [5.41, 5.74) is 3.74. The molecular weight excluding hydrogens is 244 g/mol. The van der Waals surface area contributed by atoms with Gasteiger partial charge in [-0.25, -0.2) is 0 Å². The molecule has 0 fully saturated rings. The molecule has 0 aliphatic carbocycles. The highest BCUT2D eigenvalue weighted by Gasteiger charge is 2.09. The first-order chi connectivity index (χ1) is 9.81. The van der Waals surface area contributed by atoms with E-state index in [-0.39, 0.29) is 5.92 Å². The molecule has 1 heteroatoms. The highest BCUT2D eigenvalue weighted by Crippen LogP contribution is 2.25. The summed E-state index contributed by atoms with van der Waals surface area (Å²) in [5, 5.41) is 0. The van der Waals surface area contributed by atoms with Gasteiger partial charge in [0.15, 0.2) is 0 Å². The maximum Gasteiger partial charge on any atom is 0.120 e. The zero-order chi connectivity index (χ0) is 14.2. The fraction of sp³-hybridized carbons (Fsp3) is 0.211. The lowest BCUT2D eigenvalue weighted by molar-refractivity contribution is -0.108. The largest absolute Gasteiger partial charge is 0.303 e. The summed E-state index contributed by atoms with van der Waals surface area (Å²) in [4.78, 5) is 10.9. The first-order valence-electron chi connectivity index (χ1n) is 7.02. The third-order valence-corrected chi connectivity index (χ3v) is 3.59. The summed E-state index contributed by atoms with van der Waals surface area (Å²) in [5.74, 6) is 0.271. The van der Waals surface area contributed by atoms with Gasteiger partial charge in [-0.3, -0.25) is 0 Å². The zero-order valence-electron chi connectivity index (χ0n) is 11.8. The molecule has 0 aliphatic heterocycles. The normalized spacial score (nSPS) is 12.9. The maximum atomic E-state index is 10.9. The minimum Gasteiger partial charge on any atom is -0.303 e. The van der Waals surface area contributed by atoms with Gasteiger partial charge in [0.1, 0.15) is 6.29 Å². The molecule has 1 nitrogen and oxygen atoms in total. The summed E-state index contributed by atoms with van der Waals surface area (Å²) >= 11 is 0. The Morgan fingerprint density at radius 2 is 1.55 bits per heavy atom. The van der Waals surface area contributed by atoms with Crippen LogP contribution in [0, 0.1) is 0 Å². The highest BCUT2D eigenvalue weighted by molar-refractivity contribution is 5.63. The van der Waals surface area contributed by atoms with Crippen LogP contribution in [0.25, 0.3) is 5.57 Å². The Hall–Kier alpha value is -2.15. The van der Waals surface area contributed by atoms with Crippen molar-refractivity contribution in [3.8, 4) is 0 Å².